The van der Waals surface area contributed by atoms with Gasteiger partial charge in [0.05, 0.1) is 6.61 Å². The Morgan fingerprint density at radius 3 is 2.44 bits per heavy atom. The lowest BCUT2D eigenvalue weighted by atomic mass is 9.71. The van der Waals surface area contributed by atoms with Crippen LogP contribution in [0.25, 0.3) is 0 Å². The van der Waals surface area contributed by atoms with Crippen molar-refractivity contribution in [3.8, 4) is 0 Å². The summed E-state index contributed by atoms with van der Waals surface area (Å²) in [5, 5.41) is 0. The number of hydrogen-bond acceptors (Lipinski definition) is 1. The highest BCUT2D eigenvalue weighted by molar-refractivity contribution is 4.82. The van der Waals surface area contributed by atoms with Crippen LogP contribution >= 0.6 is 0 Å². The van der Waals surface area contributed by atoms with E-state index in [1.54, 1.807) is 0 Å². The van der Waals surface area contributed by atoms with Crippen LogP contribution in [0.1, 0.15) is 33.1 Å². The molecule has 0 saturated heterocycles. The first-order valence-electron chi connectivity index (χ1n) is 3.85. The van der Waals surface area contributed by atoms with Crippen LogP contribution in [0.3, 0.4) is 0 Å². The number of ether oxygens (including phenoxy) is 1. The van der Waals surface area contributed by atoms with Gasteiger partial charge in [-0.25, -0.2) is 0 Å². The lowest BCUT2D eigenvalue weighted by molar-refractivity contribution is 0.0122. The average molecular weight is 128 g/mol. The second-order valence-electron chi connectivity index (χ2n) is 3.30. The van der Waals surface area contributed by atoms with E-state index in [2.05, 4.69) is 13.8 Å². The lowest BCUT2D eigenvalue weighted by Gasteiger charge is -2.37. The monoisotopic (exact) mass is 128 g/mol. The van der Waals surface area contributed by atoms with Crippen molar-refractivity contribution in [1.29, 1.82) is 0 Å². The second kappa shape index (κ2) is 2.70. The third-order valence-electron chi connectivity index (χ3n) is 2.22. The SMILES string of the molecule is CCOCC1(C)CCC1. The van der Waals surface area contributed by atoms with Crippen LogP contribution in [-0.4, -0.2) is 13.2 Å². The molecule has 1 aliphatic carbocycles. The first kappa shape index (κ1) is 7.07. The normalized spacial score (nSPS) is 23.3. The molecule has 1 heteroatoms. The van der Waals surface area contributed by atoms with E-state index in [9.17, 15) is 0 Å². The van der Waals surface area contributed by atoms with Crippen LogP contribution in [0, 0.1) is 5.41 Å². The summed E-state index contributed by atoms with van der Waals surface area (Å²) in [5.74, 6) is 0. The highest BCUT2D eigenvalue weighted by atomic mass is 16.5. The molecule has 0 heterocycles. The molecule has 1 fully saturated rings. The van der Waals surface area contributed by atoms with Crippen molar-refractivity contribution in [2.45, 2.75) is 33.1 Å². The molecule has 0 bridgehead atoms. The molecule has 0 aromatic rings. The molecular formula is C8H16O. The van der Waals surface area contributed by atoms with E-state index in [1.165, 1.54) is 19.3 Å². The van der Waals surface area contributed by atoms with Crippen LogP contribution in [0.15, 0.2) is 0 Å². The average Bonchev–Trinajstić information content (AvgIpc) is 1.79. The first-order valence-corrected chi connectivity index (χ1v) is 3.85. The fraction of sp³-hybridized carbons (Fsp3) is 1.00. The third kappa shape index (κ3) is 1.68. The Morgan fingerprint density at radius 2 is 2.11 bits per heavy atom. The van der Waals surface area contributed by atoms with Gasteiger partial charge in [-0.15, -0.1) is 0 Å². The molecule has 0 aliphatic heterocycles. The van der Waals surface area contributed by atoms with E-state index in [0.29, 0.717) is 5.41 Å². The van der Waals surface area contributed by atoms with Crippen molar-refractivity contribution in [1.82, 2.24) is 0 Å². The van der Waals surface area contributed by atoms with Crippen LogP contribution in [-0.2, 0) is 4.74 Å². The summed E-state index contributed by atoms with van der Waals surface area (Å²) in [6.07, 6.45) is 4.14. The molecule has 9 heavy (non-hydrogen) atoms. The molecule has 0 N–H and O–H groups in total. The van der Waals surface area contributed by atoms with E-state index in [-0.39, 0.29) is 0 Å². The van der Waals surface area contributed by atoms with Gasteiger partial charge in [0.25, 0.3) is 0 Å². The molecular weight excluding hydrogens is 112 g/mol. The Kier molecular flexibility index (Phi) is 2.12. The molecule has 1 saturated carbocycles. The number of hydrogen-bond donors (Lipinski definition) is 0. The van der Waals surface area contributed by atoms with Crippen molar-refractivity contribution in [2.24, 2.45) is 5.41 Å². The molecule has 0 amide bonds. The Labute approximate surface area is 57.4 Å². The highest BCUT2D eigenvalue weighted by Crippen LogP contribution is 2.40. The predicted molar refractivity (Wildman–Crippen MR) is 38.5 cm³/mol. The topological polar surface area (TPSA) is 9.23 Å². The maximum absolute atomic E-state index is 5.34. The summed E-state index contributed by atoms with van der Waals surface area (Å²) in [4.78, 5) is 0. The molecule has 0 unspecified atom stereocenters. The van der Waals surface area contributed by atoms with Gasteiger partial charge in [0, 0.05) is 6.61 Å². The molecule has 1 nitrogen and oxygen atoms in total. The van der Waals surface area contributed by atoms with Gasteiger partial charge in [0.2, 0.25) is 0 Å². The van der Waals surface area contributed by atoms with Gasteiger partial charge in [-0.1, -0.05) is 13.3 Å². The molecule has 0 radical (unpaired) electrons. The minimum Gasteiger partial charge on any atom is -0.381 e. The first-order chi connectivity index (χ1) is 4.27. The van der Waals surface area contributed by atoms with Crippen LogP contribution in [0.4, 0.5) is 0 Å². The Bertz CT molecular complexity index is 84.6. The van der Waals surface area contributed by atoms with E-state index in [1.807, 2.05) is 0 Å². The summed E-state index contributed by atoms with van der Waals surface area (Å²) >= 11 is 0. The molecule has 0 aromatic heterocycles. The quantitative estimate of drug-likeness (QED) is 0.566. The van der Waals surface area contributed by atoms with Crippen molar-refractivity contribution in [3.05, 3.63) is 0 Å². The zero-order chi connectivity index (χ0) is 6.74. The Balaban J connectivity index is 2.09. The van der Waals surface area contributed by atoms with Crippen molar-refractivity contribution < 1.29 is 4.74 Å². The Hall–Kier alpha value is -0.0400. The smallest absolute Gasteiger partial charge is 0.0519 e. The maximum atomic E-state index is 5.34. The summed E-state index contributed by atoms with van der Waals surface area (Å²) in [6.45, 7) is 6.22. The van der Waals surface area contributed by atoms with Crippen molar-refractivity contribution >= 4 is 0 Å². The molecule has 0 aromatic carbocycles. The highest BCUT2D eigenvalue weighted by Gasteiger charge is 2.31. The fourth-order valence-electron chi connectivity index (χ4n) is 1.27. The number of rotatable bonds is 3. The lowest BCUT2D eigenvalue weighted by Crippen LogP contribution is -2.30. The van der Waals surface area contributed by atoms with E-state index in [0.717, 1.165) is 13.2 Å². The molecule has 0 spiro atoms. The van der Waals surface area contributed by atoms with Gasteiger partial charge >= 0.3 is 0 Å². The maximum Gasteiger partial charge on any atom is 0.0519 e. The van der Waals surface area contributed by atoms with Gasteiger partial charge in [-0.2, -0.15) is 0 Å². The minimum absolute atomic E-state index is 0.552. The zero-order valence-corrected chi connectivity index (χ0v) is 6.44. The standard InChI is InChI=1S/C8H16O/c1-3-9-7-8(2)5-4-6-8/h3-7H2,1-2H3. The van der Waals surface area contributed by atoms with Crippen molar-refractivity contribution in [3.63, 3.8) is 0 Å². The van der Waals surface area contributed by atoms with Gasteiger partial charge in [-0.3, -0.25) is 0 Å². The molecule has 1 aliphatic rings. The van der Waals surface area contributed by atoms with E-state index in [4.69, 9.17) is 4.74 Å². The van der Waals surface area contributed by atoms with Crippen LogP contribution in [0.2, 0.25) is 0 Å². The van der Waals surface area contributed by atoms with Gasteiger partial charge in [-0.05, 0) is 25.2 Å². The third-order valence-corrected chi connectivity index (χ3v) is 2.22. The minimum atomic E-state index is 0.552. The van der Waals surface area contributed by atoms with Gasteiger partial charge in [0.1, 0.15) is 0 Å². The molecule has 54 valence electrons. The van der Waals surface area contributed by atoms with Crippen molar-refractivity contribution in [2.75, 3.05) is 13.2 Å². The van der Waals surface area contributed by atoms with E-state index < -0.39 is 0 Å². The zero-order valence-electron chi connectivity index (χ0n) is 6.44. The van der Waals surface area contributed by atoms with Crippen LogP contribution in [0.5, 0.6) is 0 Å². The summed E-state index contributed by atoms with van der Waals surface area (Å²) in [5.41, 5.74) is 0.552. The predicted octanol–water partition coefficient (Wildman–Crippen LogP) is 2.21. The van der Waals surface area contributed by atoms with E-state index >= 15 is 0 Å². The molecule has 1 rings (SSSR count). The largest absolute Gasteiger partial charge is 0.381 e. The fourth-order valence-corrected chi connectivity index (χ4v) is 1.27. The van der Waals surface area contributed by atoms with Gasteiger partial charge < -0.3 is 4.74 Å². The summed E-state index contributed by atoms with van der Waals surface area (Å²) in [7, 11) is 0. The summed E-state index contributed by atoms with van der Waals surface area (Å²) < 4.78 is 5.34. The summed E-state index contributed by atoms with van der Waals surface area (Å²) in [6, 6.07) is 0. The second-order valence-corrected chi connectivity index (χ2v) is 3.30. The van der Waals surface area contributed by atoms with Crippen LogP contribution < -0.4 is 0 Å². The molecule has 0 atom stereocenters. The Morgan fingerprint density at radius 1 is 1.44 bits per heavy atom. The van der Waals surface area contributed by atoms with Gasteiger partial charge in [0.15, 0.2) is 0 Å².